The molecule has 1 unspecified atom stereocenters. The van der Waals surface area contributed by atoms with E-state index in [1.807, 2.05) is 24.3 Å². The molecular weight excluding hydrogens is 374 g/mol. The van der Waals surface area contributed by atoms with E-state index < -0.39 is 0 Å². The van der Waals surface area contributed by atoms with Crippen LogP contribution < -0.4 is 10.1 Å². The molecule has 0 aliphatic carbocycles. The highest BCUT2D eigenvalue weighted by Gasteiger charge is 2.26. The molecule has 2 heterocycles. The molecule has 2 aromatic rings. The highest BCUT2D eigenvalue weighted by molar-refractivity contribution is 5.78. The highest BCUT2D eigenvalue weighted by atomic mass is 16.5. The number of hydrogen-bond acceptors (Lipinski definition) is 8. The molecule has 0 bridgehead atoms. The molecule has 1 atom stereocenters. The molecule has 9 heteroatoms. The Morgan fingerprint density at radius 2 is 1.90 bits per heavy atom. The normalized spacial score (nSPS) is 16.5. The molecule has 1 N–H and O–H groups in total. The summed E-state index contributed by atoms with van der Waals surface area (Å²) in [5, 5.41) is 11.3. The lowest BCUT2D eigenvalue weighted by Crippen LogP contribution is -2.50. The van der Waals surface area contributed by atoms with Crippen molar-refractivity contribution in [3.05, 3.63) is 30.2 Å². The summed E-state index contributed by atoms with van der Waals surface area (Å²) in [5.41, 5.74) is 0.862. The predicted octanol–water partition coefficient (Wildman–Crippen LogP) is 1.19. The van der Waals surface area contributed by atoms with Gasteiger partial charge in [-0.1, -0.05) is 0 Å². The molecule has 1 aliphatic heterocycles. The maximum Gasteiger partial charge on any atom is 0.247 e. The van der Waals surface area contributed by atoms with Gasteiger partial charge in [0.15, 0.2) is 0 Å². The molecular formula is C20H29N5O4. The predicted molar refractivity (Wildman–Crippen MR) is 108 cm³/mol. The largest absolute Gasteiger partial charge is 0.497 e. The number of carbonyl (C=O) groups is 1. The van der Waals surface area contributed by atoms with E-state index in [4.69, 9.17) is 13.9 Å². The van der Waals surface area contributed by atoms with Crippen LogP contribution in [0, 0.1) is 0 Å². The van der Waals surface area contributed by atoms with Gasteiger partial charge in [0.25, 0.3) is 0 Å². The summed E-state index contributed by atoms with van der Waals surface area (Å²) in [6.45, 7) is 6.87. The quantitative estimate of drug-likeness (QED) is 0.624. The Bertz CT molecular complexity index is 771. The first kappa shape index (κ1) is 21.2. The topological polar surface area (TPSA) is 93.0 Å². The van der Waals surface area contributed by atoms with Gasteiger partial charge in [-0.3, -0.25) is 14.6 Å². The molecule has 1 fully saturated rings. The number of ether oxygens (including phenoxy) is 2. The summed E-state index contributed by atoms with van der Waals surface area (Å²) in [7, 11) is 3.25. The average molecular weight is 403 g/mol. The van der Waals surface area contributed by atoms with E-state index in [2.05, 4.69) is 32.2 Å². The van der Waals surface area contributed by atoms with Crippen molar-refractivity contribution in [2.24, 2.45) is 0 Å². The Morgan fingerprint density at radius 1 is 1.17 bits per heavy atom. The second-order valence-electron chi connectivity index (χ2n) is 7.00. The zero-order valence-corrected chi connectivity index (χ0v) is 17.3. The fraction of sp³-hybridized carbons (Fsp3) is 0.550. The van der Waals surface area contributed by atoms with Crippen LogP contribution in [-0.4, -0.2) is 86.0 Å². The van der Waals surface area contributed by atoms with Gasteiger partial charge in [0.2, 0.25) is 17.7 Å². The first-order valence-corrected chi connectivity index (χ1v) is 9.80. The van der Waals surface area contributed by atoms with E-state index >= 15 is 0 Å². The van der Waals surface area contributed by atoms with E-state index in [0.717, 1.165) is 37.5 Å². The molecule has 1 saturated heterocycles. The van der Waals surface area contributed by atoms with Gasteiger partial charge >= 0.3 is 0 Å². The number of benzene rings is 1. The van der Waals surface area contributed by atoms with Crippen molar-refractivity contribution in [2.75, 3.05) is 60.1 Å². The monoisotopic (exact) mass is 403 g/mol. The minimum atomic E-state index is 0.0205. The van der Waals surface area contributed by atoms with Crippen molar-refractivity contribution in [3.63, 3.8) is 0 Å². The van der Waals surface area contributed by atoms with Gasteiger partial charge < -0.3 is 19.2 Å². The van der Waals surface area contributed by atoms with Gasteiger partial charge in [0.1, 0.15) is 5.75 Å². The van der Waals surface area contributed by atoms with Gasteiger partial charge in [-0.25, -0.2) is 0 Å². The zero-order chi connectivity index (χ0) is 20.6. The number of hydrogen-bond donors (Lipinski definition) is 1. The Balaban J connectivity index is 1.50. The second-order valence-corrected chi connectivity index (χ2v) is 7.00. The van der Waals surface area contributed by atoms with Gasteiger partial charge in [-0.15, -0.1) is 10.2 Å². The smallest absolute Gasteiger partial charge is 0.247 e. The van der Waals surface area contributed by atoms with Crippen LogP contribution in [0.4, 0.5) is 0 Å². The summed E-state index contributed by atoms with van der Waals surface area (Å²) in [4.78, 5) is 16.4. The van der Waals surface area contributed by atoms with Gasteiger partial charge in [0, 0.05) is 45.4 Å². The van der Waals surface area contributed by atoms with Crippen LogP contribution >= 0.6 is 0 Å². The van der Waals surface area contributed by atoms with Gasteiger partial charge in [-0.2, -0.15) is 0 Å². The Morgan fingerprint density at radius 3 is 2.55 bits per heavy atom. The van der Waals surface area contributed by atoms with Crippen LogP contribution in [0.1, 0.15) is 18.9 Å². The van der Waals surface area contributed by atoms with Crippen LogP contribution in [0.3, 0.4) is 0 Å². The number of amides is 1. The zero-order valence-electron chi connectivity index (χ0n) is 17.3. The van der Waals surface area contributed by atoms with Gasteiger partial charge in [0.05, 0.1) is 26.3 Å². The lowest BCUT2D eigenvalue weighted by atomic mass is 10.2. The van der Waals surface area contributed by atoms with E-state index in [1.165, 1.54) is 0 Å². The molecule has 9 nitrogen and oxygen atoms in total. The Hall–Kier alpha value is -2.49. The second kappa shape index (κ2) is 10.3. The van der Waals surface area contributed by atoms with E-state index in [1.54, 1.807) is 14.2 Å². The number of methoxy groups -OCH3 is 2. The van der Waals surface area contributed by atoms with Crippen molar-refractivity contribution in [1.82, 2.24) is 25.3 Å². The molecule has 1 aromatic carbocycles. The first-order chi connectivity index (χ1) is 14.1. The fourth-order valence-electron chi connectivity index (χ4n) is 3.27. The maximum atomic E-state index is 11.9. The molecule has 0 saturated carbocycles. The average Bonchev–Trinajstić information content (AvgIpc) is 3.24. The van der Waals surface area contributed by atoms with Crippen molar-refractivity contribution >= 4 is 5.91 Å². The van der Waals surface area contributed by atoms with Crippen LogP contribution in [0.15, 0.2) is 28.7 Å². The molecule has 29 heavy (non-hydrogen) atoms. The maximum absolute atomic E-state index is 11.9. The van der Waals surface area contributed by atoms with E-state index in [-0.39, 0.29) is 11.9 Å². The molecule has 0 radical (unpaired) electrons. The van der Waals surface area contributed by atoms with Crippen molar-refractivity contribution in [2.45, 2.75) is 13.0 Å². The lowest BCUT2D eigenvalue weighted by molar-refractivity contribution is -0.122. The Labute approximate surface area is 171 Å². The fourth-order valence-corrected chi connectivity index (χ4v) is 3.27. The molecule has 158 valence electrons. The third kappa shape index (κ3) is 5.75. The number of piperazine rings is 1. The van der Waals surface area contributed by atoms with Gasteiger partial charge in [-0.05, 0) is 31.2 Å². The van der Waals surface area contributed by atoms with E-state index in [0.29, 0.717) is 31.5 Å². The molecule has 3 rings (SSSR count). The summed E-state index contributed by atoms with van der Waals surface area (Å²) in [5.74, 6) is 1.92. The number of carbonyl (C=O) groups excluding carboxylic acids is 1. The molecule has 1 amide bonds. The molecule has 1 aliphatic rings. The standard InChI is InChI=1S/C20H29N5O4/c1-15(19-22-23-20(29-19)16-4-6-17(28-3)7-5-16)25-11-9-24(10-12-25)14-18(26)21-8-13-27-2/h4-7,15H,8-14H2,1-3H3,(H,21,26). The summed E-state index contributed by atoms with van der Waals surface area (Å²) in [6.07, 6.45) is 0. The Kier molecular flexibility index (Phi) is 7.56. The van der Waals surface area contributed by atoms with Crippen LogP contribution in [0.25, 0.3) is 11.5 Å². The first-order valence-electron chi connectivity index (χ1n) is 9.80. The summed E-state index contributed by atoms with van der Waals surface area (Å²) < 4.78 is 16.0. The highest BCUT2D eigenvalue weighted by Crippen LogP contribution is 2.26. The number of rotatable bonds is 9. The molecule has 0 spiro atoms. The van der Waals surface area contributed by atoms with E-state index in [9.17, 15) is 4.79 Å². The minimum absolute atomic E-state index is 0.0205. The van der Waals surface area contributed by atoms with Crippen molar-refractivity contribution in [3.8, 4) is 17.2 Å². The third-order valence-corrected chi connectivity index (χ3v) is 5.09. The molecule has 1 aromatic heterocycles. The number of nitrogens with one attached hydrogen (secondary N) is 1. The minimum Gasteiger partial charge on any atom is -0.497 e. The number of nitrogens with zero attached hydrogens (tertiary/aromatic N) is 4. The SMILES string of the molecule is COCCNC(=O)CN1CCN(C(C)c2nnc(-c3ccc(OC)cc3)o2)CC1. The summed E-state index contributed by atoms with van der Waals surface area (Å²) >= 11 is 0. The number of aromatic nitrogens is 2. The van der Waals surface area contributed by atoms with Crippen LogP contribution in [0.2, 0.25) is 0 Å². The summed E-state index contributed by atoms with van der Waals surface area (Å²) in [6, 6.07) is 7.56. The lowest BCUT2D eigenvalue weighted by Gasteiger charge is -2.36. The van der Waals surface area contributed by atoms with Crippen molar-refractivity contribution in [1.29, 1.82) is 0 Å². The third-order valence-electron chi connectivity index (χ3n) is 5.09. The van der Waals surface area contributed by atoms with Crippen molar-refractivity contribution < 1.29 is 18.7 Å². The van der Waals surface area contributed by atoms with Crippen LogP contribution in [-0.2, 0) is 9.53 Å². The van der Waals surface area contributed by atoms with Crippen LogP contribution in [0.5, 0.6) is 5.75 Å².